The molecule has 1 aliphatic carbocycles. The third-order valence-electron chi connectivity index (χ3n) is 7.52. The lowest BCUT2D eigenvalue weighted by molar-refractivity contribution is 0.0965. The summed E-state index contributed by atoms with van der Waals surface area (Å²) in [6.07, 6.45) is 18.1. The summed E-state index contributed by atoms with van der Waals surface area (Å²) in [5.74, 6) is 0.312. The van der Waals surface area contributed by atoms with Gasteiger partial charge in [-0.2, -0.15) is 0 Å². The normalized spacial score (nSPS) is 21.3. The first-order chi connectivity index (χ1) is 18.6. The number of ketones is 1. The third-order valence-corrected chi connectivity index (χ3v) is 7.52. The minimum Gasteiger partial charge on any atom is -0.383 e. The van der Waals surface area contributed by atoms with Crippen LogP contribution < -0.4 is 10.9 Å². The quantitative estimate of drug-likeness (QED) is 0.373. The molecule has 0 unspecified atom stereocenters. The molecule has 7 heteroatoms. The van der Waals surface area contributed by atoms with Crippen molar-refractivity contribution in [2.45, 2.75) is 46.6 Å². The number of fused-ring (bicyclic) bond motifs is 1. The predicted octanol–water partition coefficient (Wildman–Crippen LogP) is 5.11. The van der Waals surface area contributed by atoms with Gasteiger partial charge in [0.05, 0.1) is 23.0 Å². The summed E-state index contributed by atoms with van der Waals surface area (Å²) in [6, 6.07) is 1.83. The highest BCUT2D eigenvalue weighted by molar-refractivity contribution is 5.99. The van der Waals surface area contributed by atoms with Crippen molar-refractivity contribution < 1.29 is 4.79 Å². The summed E-state index contributed by atoms with van der Waals surface area (Å²) in [5, 5.41) is 1.93. The van der Waals surface area contributed by atoms with E-state index in [1.54, 1.807) is 6.07 Å². The molecule has 0 saturated heterocycles. The van der Waals surface area contributed by atoms with Gasteiger partial charge in [-0.1, -0.05) is 32.1 Å². The molecular weight excluding hydrogens is 486 g/mol. The number of likely N-dealkylation sites (N-methyl/N-ethyl adjacent to an activating group) is 1. The van der Waals surface area contributed by atoms with Crippen molar-refractivity contribution in [2.24, 2.45) is 11.8 Å². The number of nitrogens with one attached hydrogen (secondary N) is 1. The van der Waals surface area contributed by atoms with Crippen molar-refractivity contribution >= 4 is 11.5 Å². The fourth-order valence-electron chi connectivity index (χ4n) is 5.49. The van der Waals surface area contributed by atoms with E-state index in [0.29, 0.717) is 11.5 Å². The maximum atomic E-state index is 13.5. The van der Waals surface area contributed by atoms with Gasteiger partial charge in [0.25, 0.3) is 0 Å². The molecule has 0 aromatic carbocycles. The van der Waals surface area contributed by atoms with Crippen LogP contribution in [0.25, 0.3) is 5.70 Å². The molecule has 3 heterocycles. The fraction of sp³-hybridized carbons (Fsp3) is 0.438. The van der Waals surface area contributed by atoms with E-state index in [1.165, 1.54) is 0 Å². The van der Waals surface area contributed by atoms with Gasteiger partial charge in [-0.05, 0) is 49.8 Å². The predicted molar refractivity (Wildman–Crippen MR) is 160 cm³/mol. The van der Waals surface area contributed by atoms with Crippen molar-refractivity contribution in [3.63, 3.8) is 0 Å². The monoisotopic (exact) mass is 529 g/mol. The maximum Gasteiger partial charge on any atom is 0.193 e. The third kappa shape index (κ3) is 5.82. The average molecular weight is 530 g/mol. The molecule has 208 valence electrons. The molecule has 1 atom stereocenters. The Hall–Kier alpha value is -3.74. The molecule has 3 aliphatic rings. The van der Waals surface area contributed by atoms with Crippen molar-refractivity contribution in [1.29, 1.82) is 0 Å². The van der Waals surface area contributed by atoms with E-state index < -0.39 is 0 Å². The SMILES string of the molecule is CC=CC(=C\N(C)C)/C(=C\C)C(/C1=CN(C)NC=C1)=C1/c2cc(=O)c(C(=O)C3CC3)cn2[C@H](C(C)C)CN1C. The molecule has 0 radical (unpaired) electrons. The Bertz CT molecular complexity index is 1370. The summed E-state index contributed by atoms with van der Waals surface area (Å²) >= 11 is 0. The smallest absolute Gasteiger partial charge is 0.193 e. The highest BCUT2D eigenvalue weighted by Crippen LogP contribution is 2.41. The van der Waals surface area contributed by atoms with Gasteiger partial charge in [0.2, 0.25) is 0 Å². The molecule has 1 aromatic rings. The Labute approximate surface area is 233 Å². The number of allylic oxidation sites excluding steroid dienone is 8. The van der Waals surface area contributed by atoms with Gasteiger partial charge in [-0.3, -0.25) is 14.6 Å². The van der Waals surface area contributed by atoms with Gasteiger partial charge in [0.15, 0.2) is 11.2 Å². The second-order valence-corrected chi connectivity index (χ2v) is 11.3. The van der Waals surface area contributed by atoms with Crippen LogP contribution >= 0.6 is 0 Å². The van der Waals surface area contributed by atoms with Crippen LogP contribution in [0.3, 0.4) is 0 Å². The number of aromatic nitrogens is 1. The topological polar surface area (TPSA) is 60.8 Å². The van der Waals surface area contributed by atoms with E-state index in [-0.39, 0.29) is 23.2 Å². The van der Waals surface area contributed by atoms with E-state index >= 15 is 0 Å². The van der Waals surface area contributed by atoms with Gasteiger partial charge >= 0.3 is 0 Å². The minimum atomic E-state index is -0.195. The molecule has 0 spiro atoms. The van der Waals surface area contributed by atoms with Crippen molar-refractivity contribution in [3.05, 3.63) is 98.9 Å². The first-order valence-electron chi connectivity index (χ1n) is 13.9. The number of Topliss-reactive ketones (excluding diaryl/α,β-unsaturated/α-hetero) is 1. The van der Waals surface area contributed by atoms with E-state index in [9.17, 15) is 9.59 Å². The van der Waals surface area contributed by atoms with Crippen LogP contribution in [0.5, 0.6) is 0 Å². The van der Waals surface area contributed by atoms with E-state index in [2.05, 4.69) is 73.3 Å². The number of pyridine rings is 1. The van der Waals surface area contributed by atoms with Crippen molar-refractivity contribution in [2.75, 3.05) is 34.7 Å². The molecule has 1 N–H and O–H groups in total. The maximum absolute atomic E-state index is 13.5. The minimum absolute atomic E-state index is 0.000411. The van der Waals surface area contributed by atoms with Crippen LogP contribution in [0.4, 0.5) is 0 Å². The zero-order valence-electron chi connectivity index (χ0n) is 24.7. The average Bonchev–Trinajstić information content (AvgIpc) is 3.72. The van der Waals surface area contributed by atoms with Gasteiger partial charge in [0, 0.05) is 82.7 Å². The zero-order chi connectivity index (χ0) is 28.4. The molecule has 0 bridgehead atoms. The fourth-order valence-corrected chi connectivity index (χ4v) is 5.49. The molecule has 7 nitrogen and oxygen atoms in total. The molecule has 1 aromatic heterocycles. The molecule has 1 fully saturated rings. The lowest BCUT2D eigenvalue weighted by Gasteiger charge is -2.41. The Morgan fingerprint density at radius 3 is 2.46 bits per heavy atom. The van der Waals surface area contributed by atoms with Crippen LogP contribution in [0.1, 0.15) is 62.6 Å². The van der Waals surface area contributed by atoms with Crippen molar-refractivity contribution in [1.82, 2.24) is 24.8 Å². The summed E-state index contributed by atoms with van der Waals surface area (Å²) in [5.41, 5.74) is 9.34. The van der Waals surface area contributed by atoms with Gasteiger partial charge < -0.3 is 19.8 Å². The number of carbonyl (C=O) groups is 1. The highest BCUT2D eigenvalue weighted by atomic mass is 16.1. The molecular formula is C32H43N5O2. The van der Waals surface area contributed by atoms with Gasteiger partial charge in [-0.15, -0.1) is 0 Å². The summed E-state index contributed by atoms with van der Waals surface area (Å²) in [7, 11) is 8.12. The Morgan fingerprint density at radius 1 is 1.18 bits per heavy atom. The summed E-state index contributed by atoms with van der Waals surface area (Å²) in [4.78, 5) is 30.9. The van der Waals surface area contributed by atoms with Crippen LogP contribution in [0, 0.1) is 11.8 Å². The Kier molecular flexibility index (Phi) is 8.38. The summed E-state index contributed by atoms with van der Waals surface area (Å²) < 4.78 is 2.20. The van der Waals surface area contributed by atoms with Crippen LogP contribution in [-0.2, 0) is 0 Å². The number of hydrogen-bond donors (Lipinski definition) is 1. The lowest BCUT2D eigenvalue weighted by Crippen LogP contribution is -2.39. The van der Waals surface area contributed by atoms with Gasteiger partial charge in [-0.25, -0.2) is 0 Å². The van der Waals surface area contributed by atoms with Crippen molar-refractivity contribution in [3.8, 4) is 0 Å². The number of hydrogen-bond acceptors (Lipinski definition) is 6. The molecule has 0 amide bonds. The van der Waals surface area contributed by atoms with Crippen LogP contribution in [0.15, 0.2) is 82.3 Å². The van der Waals surface area contributed by atoms with E-state index in [0.717, 1.165) is 53.1 Å². The largest absolute Gasteiger partial charge is 0.383 e. The molecule has 1 saturated carbocycles. The second kappa shape index (κ2) is 11.6. The second-order valence-electron chi connectivity index (χ2n) is 11.3. The number of carbonyl (C=O) groups excluding carboxylic acids is 1. The highest BCUT2D eigenvalue weighted by Gasteiger charge is 2.36. The molecule has 2 aliphatic heterocycles. The Morgan fingerprint density at radius 2 is 1.90 bits per heavy atom. The van der Waals surface area contributed by atoms with Crippen LogP contribution in [0.2, 0.25) is 0 Å². The van der Waals surface area contributed by atoms with Crippen LogP contribution in [-0.4, -0.2) is 59.9 Å². The van der Waals surface area contributed by atoms with Gasteiger partial charge in [0.1, 0.15) is 0 Å². The Balaban J connectivity index is 2.08. The molecule has 4 rings (SSSR count). The zero-order valence-corrected chi connectivity index (χ0v) is 24.7. The standard InChI is InChI=1S/C32H43N5O2/c1-9-11-23(17-34(5)6)25(10-2)30(24-14-15-33-36(8)18-24)31-27-16-29(38)26(32(39)22-12-13-22)19-37(27)28(21(3)4)20-35(31)7/h9-11,14-19,21-22,28,33H,12-13,20H2,1-8H3/b11-9?,23-17+,25-10+,31-30-/t28-/m0/s1. The van der Waals surface area contributed by atoms with E-state index in [1.807, 2.05) is 56.4 Å². The lowest BCUT2D eigenvalue weighted by atomic mass is 9.86. The summed E-state index contributed by atoms with van der Waals surface area (Å²) in [6.45, 7) is 9.25. The van der Waals surface area contributed by atoms with E-state index in [4.69, 9.17) is 0 Å². The first kappa shape index (κ1) is 28.3. The number of hydrazine groups is 1. The first-order valence-corrected chi connectivity index (χ1v) is 13.9. The molecule has 39 heavy (non-hydrogen) atoms. The number of nitrogens with zero attached hydrogens (tertiary/aromatic N) is 4. The number of rotatable bonds is 8.